The molecule has 0 N–H and O–H groups in total. The van der Waals surface area contributed by atoms with Gasteiger partial charge in [0, 0.05) is 0 Å². The lowest BCUT2D eigenvalue weighted by Gasteiger charge is -1.97. The van der Waals surface area contributed by atoms with Crippen molar-refractivity contribution in [2.24, 2.45) is 0 Å². The van der Waals surface area contributed by atoms with Crippen LogP contribution in [-0.2, 0) is 6.42 Å². The maximum absolute atomic E-state index is 3.72. The molecular formula is C13H16. The van der Waals surface area contributed by atoms with E-state index in [2.05, 4.69) is 49.9 Å². The predicted molar refractivity (Wildman–Crippen MR) is 59.7 cm³/mol. The second-order valence-electron chi connectivity index (χ2n) is 3.03. The molecule has 1 aromatic carbocycles. The highest BCUT2D eigenvalue weighted by Crippen LogP contribution is 2.06. The minimum absolute atomic E-state index is 1.03. The maximum Gasteiger partial charge on any atom is -0.00975 e. The molecule has 0 aliphatic rings. The topological polar surface area (TPSA) is 0 Å². The lowest BCUT2D eigenvalue weighted by atomic mass is 10.1. The third-order valence-corrected chi connectivity index (χ3v) is 1.97. The first-order valence-electron chi connectivity index (χ1n) is 4.73. The van der Waals surface area contributed by atoms with Crippen molar-refractivity contribution in [3.05, 3.63) is 54.1 Å². The van der Waals surface area contributed by atoms with Gasteiger partial charge in [0.15, 0.2) is 0 Å². The highest BCUT2D eigenvalue weighted by molar-refractivity contribution is 5.47. The Hall–Kier alpha value is -1.30. The summed E-state index contributed by atoms with van der Waals surface area (Å²) in [6, 6.07) is 8.50. The molecule has 0 amide bonds. The van der Waals surface area contributed by atoms with Gasteiger partial charge in [-0.15, -0.1) is 0 Å². The lowest BCUT2D eigenvalue weighted by Crippen LogP contribution is -1.80. The minimum Gasteiger partial charge on any atom is -0.0985 e. The van der Waals surface area contributed by atoms with E-state index >= 15 is 0 Å². The Morgan fingerprint density at radius 1 is 1.15 bits per heavy atom. The monoisotopic (exact) mass is 172 g/mol. The van der Waals surface area contributed by atoms with Gasteiger partial charge in [0.05, 0.1) is 0 Å². The normalized spacial score (nSPS) is 10.5. The van der Waals surface area contributed by atoms with Crippen molar-refractivity contribution >= 4 is 6.08 Å². The number of hydrogen-bond donors (Lipinski definition) is 0. The fourth-order valence-corrected chi connectivity index (χ4v) is 1.18. The van der Waals surface area contributed by atoms with Crippen molar-refractivity contribution in [2.45, 2.75) is 19.8 Å². The number of hydrogen-bond acceptors (Lipinski definition) is 0. The van der Waals surface area contributed by atoms with Gasteiger partial charge in [-0.3, -0.25) is 0 Å². The summed E-state index contributed by atoms with van der Waals surface area (Å²) in [4.78, 5) is 0. The van der Waals surface area contributed by atoms with Gasteiger partial charge in [-0.05, 0) is 24.0 Å². The molecule has 0 unspecified atom stereocenters. The van der Waals surface area contributed by atoms with Crippen LogP contribution in [0.1, 0.15) is 24.5 Å². The van der Waals surface area contributed by atoms with Crippen LogP contribution in [-0.4, -0.2) is 0 Å². The molecule has 0 bridgehead atoms. The lowest BCUT2D eigenvalue weighted by molar-refractivity contribution is 1.18. The van der Waals surface area contributed by atoms with Gasteiger partial charge in [-0.25, -0.2) is 0 Å². The average molecular weight is 172 g/mol. The van der Waals surface area contributed by atoms with E-state index in [9.17, 15) is 0 Å². The summed E-state index contributed by atoms with van der Waals surface area (Å²) in [7, 11) is 0. The summed E-state index contributed by atoms with van der Waals surface area (Å²) < 4.78 is 0. The van der Waals surface area contributed by atoms with Gasteiger partial charge in [0.2, 0.25) is 0 Å². The standard InChI is InChI=1S/C13H16/c1-3-5-6-7-13-10-8-12(4-2)9-11-13/h4-6,8-11H,2-3,7H2,1H3/b6-5-. The van der Waals surface area contributed by atoms with E-state index in [1.165, 1.54) is 11.1 Å². The van der Waals surface area contributed by atoms with E-state index in [1.54, 1.807) is 0 Å². The summed E-state index contributed by atoms with van der Waals surface area (Å²) in [5.74, 6) is 0. The van der Waals surface area contributed by atoms with Crippen molar-refractivity contribution in [2.75, 3.05) is 0 Å². The zero-order chi connectivity index (χ0) is 9.52. The molecule has 13 heavy (non-hydrogen) atoms. The van der Waals surface area contributed by atoms with E-state index in [0.29, 0.717) is 0 Å². The molecule has 0 saturated carbocycles. The van der Waals surface area contributed by atoms with Crippen molar-refractivity contribution in [1.29, 1.82) is 0 Å². The number of rotatable bonds is 4. The molecule has 0 heterocycles. The fraction of sp³-hybridized carbons (Fsp3) is 0.231. The van der Waals surface area contributed by atoms with Crippen LogP contribution in [0.3, 0.4) is 0 Å². The van der Waals surface area contributed by atoms with Crippen LogP contribution in [0, 0.1) is 0 Å². The molecule has 0 spiro atoms. The molecule has 0 aliphatic heterocycles. The quantitative estimate of drug-likeness (QED) is 0.605. The third-order valence-electron chi connectivity index (χ3n) is 1.97. The average Bonchev–Trinajstić information content (AvgIpc) is 2.19. The molecule has 0 atom stereocenters. The summed E-state index contributed by atoms with van der Waals surface area (Å²) in [6.45, 7) is 5.87. The first kappa shape index (κ1) is 9.79. The van der Waals surface area contributed by atoms with E-state index in [4.69, 9.17) is 0 Å². The second kappa shape index (κ2) is 5.36. The van der Waals surface area contributed by atoms with Gasteiger partial charge < -0.3 is 0 Å². The fourth-order valence-electron chi connectivity index (χ4n) is 1.18. The van der Waals surface area contributed by atoms with Crippen molar-refractivity contribution in [1.82, 2.24) is 0 Å². The van der Waals surface area contributed by atoms with Crippen LogP contribution < -0.4 is 0 Å². The van der Waals surface area contributed by atoms with Crippen LogP contribution >= 0.6 is 0 Å². The molecule has 1 rings (SSSR count). The van der Waals surface area contributed by atoms with E-state index in [-0.39, 0.29) is 0 Å². The van der Waals surface area contributed by atoms with E-state index in [0.717, 1.165) is 12.8 Å². The van der Waals surface area contributed by atoms with Crippen LogP contribution in [0.15, 0.2) is 43.0 Å². The zero-order valence-corrected chi connectivity index (χ0v) is 8.16. The Bertz CT molecular complexity index is 277. The molecule has 0 aliphatic carbocycles. The highest BCUT2D eigenvalue weighted by atomic mass is 13.9. The van der Waals surface area contributed by atoms with Crippen molar-refractivity contribution in [3.63, 3.8) is 0 Å². The SMILES string of the molecule is C=Cc1ccc(C/C=C\CC)cc1. The molecule has 0 radical (unpaired) electrons. The summed E-state index contributed by atoms with van der Waals surface area (Å²) >= 11 is 0. The molecule has 0 nitrogen and oxygen atoms in total. The Kier molecular flexibility index (Phi) is 4.04. The van der Waals surface area contributed by atoms with Gasteiger partial charge in [0.1, 0.15) is 0 Å². The first-order valence-corrected chi connectivity index (χ1v) is 4.73. The van der Waals surface area contributed by atoms with Crippen LogP contribution in [0.25, 0.3) is 6.08 Å². The molecular weight excluding hydrogens is 156 g/mol. The number of benzene rings is 1. The third kappa shape index (κ3) is 3.29. The smallest absolute Gasteiger partial charge is 0.00975 e. The Morgan fingerprint density at radius 3 is 2.38 bits per heavy atom. The maximum atomic E-state index is 3.72. The van der Waals surface area contributed by atoms with Crippen molar-refractivity contribution in [3.8, 4) is 0 Å². The second-order valence-corrected chi connectivity index (χ2v) is 3.03. The largest absolute Gasteiger partial charge is 0.0985 e. The van der Waals surface area contributed by atoms with Gasteiger partial charge in [-0.2, -0.15) is 0 Å². The summed E-state index contributed by atoms with van der Waals surface area (Å²) in [5.41, 5.74) is 2.54. The van der Waals surface area contributed by atoms with E-state index in [1.807, 2.05) is 6.08 Å². The molecule has 0 fully saturated rings. The number of allylic oxidation sites excluding steroid dienone is 2. The highest BCUT2D eigenvalue weighted by Gasteiger charge is 1.88. The zero-order valence-electron chi connectivity index (χ0n) is 8.16. The summed E-state index contributed by atoms with van der Waals surface area (Å²) in [5, 5.41) is 0. The van der Waals surface area contributed by atoms with Gasteiger partial charge in [0.25, 0.3) is 0 Å². The Labute approximate surface area is 80.6 Å². The Morgan fingerprint density at radius 2 is 1.85 bits per heavy atom. The van der Waals surface area contributed by atoms with Gasteiger partial charge in [-0.1, -0.05) is 56.0 Å². The molecule has 1 aromatic rings. The van der Waals surface area contributed by atoms with Gasteiger partial charge >= 0.3 is 0 Å². The van der Waals surface area contributed by atoms with Crippen molar-refractivity contribution < 1.29 is 0 Å². The first-order chi connectivity index (χ1) is 6.36. The molecule has 68 valence electrons. The molecule has 0 saturated heterocycles. The Balaban J connectivity index is 2.59. The summed E-state index contributed by atoms with van der Waals surface area (Å²) in [6.07, 6.45) is 8.42. The van der Waals surface area contributed by atoms with Crippen LogP contribution in [0.5, 0.6) is 0 Å². The van der Waals surface area contributed by atoms with E-state index < -0.39 is 0 Å². The molecule has 0 aromatic heterocycles. The van der Waals surface area contributed by atoms with Crippen LogP contribution in [0.4, 0.5) is 0 Å². The predicted octanol–water partition coefficient (Wildman–Crippen LogP) is 3.84. The van der Waals surface area contributed by atoms with Crippen LogP contribution in [0.2, 0.25) is 0 Å². The minimum atomic E-state index is 1.03. The molecule has 0 heteroatoms.